The number of benzene rings is 1. The summed E-state index contributed by atoms with van der Waals surface area (Å²) >= 11 is 1.49. The van der Waals surface area contributed by atoms with Crippen LogP contribution in [0.1, 0.15) is 52.5 Å². The number of hydrogen-bond donors (Lipinski definition) is 0. The molecule has 0 fully saturated rings. The third-order valence-electron chi connectivity index (χ3n) is 3.92. The summed E-state index contributed by atoms with van der Waals surface area (Å²) in [5.41, 5.74) is 2.24. The maximum Gasteiger partial charge on any atom is 0.307 e. The fourth-order valence-electron chi connectivity index (χ4n) is 2.41. The van der Waals surface area contributed by atoms with E-state index in [9.17, 15) is 9.59 Å². The highest BCUT2D eigenvalue weighted by atomic mass is 32.1. The number of carbonyl (C=O) groups excluding carboxylic acids is 2. The molecule has 0 unspecified atom stereocenters. The van der Waals surface area contributed by atoms with E-state index in [1.807, 2.05) is 24.5 Å². The Kier molecular flexibility index (Phi) is 6.53. The first-order chi connectivity index (χ1) is 11.8. The van der Waals surface area contributed by atoms with Gasteiger partial charge in [0.1, 0.15) is 0 Å². The number of aryl methyl sites for hydroxylation is 1. The van der Waals surface area contributed by atoms with Crippen molar-refractivity contribution in [2.24, 2.45) is 10.9 Å². The molecule has 2 aromatic rings. The van der Waals surface area contributed by atoms with Gasteiger partial charge in [0.2, 0.25) is 0 Å². The van der Waals surface area contributed by atoms with E-state index in [-0.39, 0.29) is 24.2 Å². The van der Waals surface area contributed by atoms with Crippen LogP contribution in [-0.2, 0) is 20.9 Å². The highest BCUT2D eigenvalue weighted by molar-refractivity contribution is 7.16. The Labute approximate surface area is 152 Å². The quantitative estimate of drug-likeness (QED) is 0.733. The fraction of sp³-hybridized carbons (Fsp3) is 0.526. The van der Waals surface area contributed by atoms with Crippen LogP contribution < -0.4 is 4.80 Å². The van der Waals surface area contributed by atoms with Crippen LogP contribution in [0.15, 0.2) is 23.2 Å². The average Bonchev–Trinajstić information content (AvgIpc) is 2.89. The van der Waals surface area contributed by atoms with Crippen molar-refractivity contribution >= 4 is 33.4 Å². The number of fused-ring (bicyclic) bond motifs is 1. The summed E-state index contributed by atoms with van der Waals surface area (Å²) < 4.78 is 8.04. The number of aromatic nitrogens is 1. The third kappa shape index (κ3) is 4.78. The van der Waals surface area contributed by atoms with Crippen LogP contribution in [0.5, 0.6) is 0 Å². The minimum absolute atomic E-state index is 0.152. The van der Waals surface area contributed by atoms with Crippen molar-refractivity contribution in [3.05, 3.63) is 28.6 Å². The molecule has 0 aliphatic heterocycles. The van der Waals surface area contributed by atoms with Crippen molar-refractivity contribution in [1.82, 2.24) is 4.57 Å². The number of thiazole rings is 1. The lowest BCUT2D eigenvalue weighted by atomic mass is 10.0. The van der Waals surface area contributed by atoms with Gasteiger partial charge in [-0.05, 0) is 30.5 Å². The molecule has 0 bridgehead atoms. The molecule has 136 valence electrons. The number of hydrogen-bond acceptors (Lipinski definition) is 4. The van der Waals surface area contributed by atoms with Gasteiger partial charge in [0.25, 0.3) is 5.91 Å². The van der Waals surface area contributed by atoms with Gasteiger partial charge in [0, 0.05) is 12.5 Å². The van der Waals surface area contributed by atoms with Gasteiger partial charge in [-0.3, -0.25) is 9.59 Å². The maximum atomic E-state index is 12.1. The second-order valence-corrected chi connectivity index (χ2v) is 7.59. The molecular formula is C19H26N2O3S. The Bertz CT molecular complexity index is 831. The first kappa shape index (κ1) is 19.4. The average molecular weight is 362 g/mol. The van der Waals surface area contributed by atoms with E-state index in [0.717, 1.165) is 10.2 Å². The number of ether oxygens (including phenoxy) is 1. The second kappa shape index (κ2) is 8.43. The van der Waals surface area contributed by atoms with Crippen LogP contribution in [0.25, 0.3) is 10.2 Å². The summed E-state index contributed by atoms with van der Waals surface area (Å²) in [6, 6.07) is 6.28. The Morgan fingerprint density at radius 3 is 2.56 bits per heavy atom. The molecular weight excluding hydrogens is 336 g/mol. The second-order valence-electron chi connectivity index (χ2n) is 6.58. The van der Waals surface area contributed by atoms with Crippen LogP contribution in [-0.4, -0.2) is 23.1 Å². The standard InChI is InChI=1S/C19H26N2O3S/c1-6-24-17(22)9-10-21-15-8-7-14(12(2)3)11-16(15)25-19(21)20-18(23)13(4)5/h7-8,11-13H,6,9-10H2,1-5H3. The van der Waals surface area contributed by atoms with Gasteiger partial charge >= 0.3 is 5.97 Å². The van der Waals surface area contributed by atoms with Gasteiger partial charge < -0.3 is 9.30 Å². The SMILES string of the molecule is CCOC(=O)CCn1c(=NC(=O)C(C)C)sc2cc(C(C)C)ccc21. The topological polar surface area (TPSA) is 60.7 Å². The smallest absolute Gasteiger partial charge is 0.307 e. The van der Waals surface area contributed by atoms with Crippen molar-refractivity contribution in [3.8, 4) is 0 Å². The van der Waals surface area contributed by atoms with E-state index < -0.39 is 0 Å². The Balaban J connectivity index is 2.50. The summed E-state index contributed by atoms with van der Waals surface area (Å²) in [6.07, 6.45) is 0.259. The van der Waals surface area contributed by atoms with E-state index in [0.29, 0.717) is 23.9 Å². The molecule has 1 aromatic heterocycles. The van der Waals surface area contributed by atoms with Crippen molar-refractivity contribution in [2.75, 3.05) is 6.61 Å². The van der Waals surface area contributed by atoms with Gasteiger partial charge in [0.15, 0.2) is 4.80 Å². The van der Waals surface area contributed by atoms with Crippen molar-refractivity contribution < 1.29 is 14.3 Å². The third-order valence-corrected chi connectivity index (χ3v) is 4.96. The highest BCUT2D eigenvalue weighted by Crippen LogP contribution is 2.24. The summed E-state index contributed by atoms with van der Waals surface area (Å²) in [7, 11) is 0. The molecule has 25 heavy (non-hydrogen) atoms. The molecule has 0 saturated heterocycles. The van der Waals surface area contributed by atoms with Crippen LogP contribution in [0.4, 0.5) is 0 Å². The molecule has 1 heterocycles. The monoisotopic (exact) mass is 362 g/mol. The normalized spacial score (nSPS) is 12.4. The maximum absolute atomic E-state index is 12.1. The molecule has 0 spiro atoms. The van der Waals surface area contributed by atoms with Crippen LogP contribution in [0.3, 0.4) is 0 Å². The zero-order valence-corrected chi connectivity index (χ0v) is 16.4. The molecule has 2 rings (SSSR count). The Morgan fingerprint density at radius 1 is 1.24 bits per heavy atom. The predicted molar refractivity (Wildman–Crippen MR) is 101 cm³/mol. The number of rotatable bonds is 6. The van der Waals surface area contributed by atoms with Gasteiger partial charge in [-0.1, -0.05) is 45.1 Å². The molecule has 5 nitrogen and oxygen atoms in total. The minimum Gasteiger partial charge on any atom is -0.466 e. The number of carbonyl (C=O) groups is 2. The largest absolute Gasteiger partial charge is 0.466 e. The zero-order chi connectivity index (χ0) is 18.6. The highest BCUT2D eigenvalue weighted by Gasteiger charge is 2.13. The van der Waals surface area contributed by atoms with E-state index in [1.54, 1.807) is 6.92 Å². The van der Waals surface area contributed by atoms with Gasteiger partial charge in [-0.15, -0.1) is 0 Å². The lowest BCUT2D eigenvalue weighted by Crippen LogP contribution is -2.20. The molecule has 0 saturated carbocycles. The summed E-state index contributed by atoms with van der Waals surface area (Å²) in [5.74, 6) is -0.123. The van der Waals surface area contributed by atoms with Gasteiger partial charge in [0.05, 0.1) is 23.2 Å². The molecule has 0 atom stereocenters. The van der Waals surface area contributed by atoms with E-state index >= 15 is 0 Å². The van der Waals surface area contributed by atoms with Gasteiger partial charge in [-0.25, -0.2) is 0 Å². The van der Waals surface area contributed by atoms with E-state index in [1.165, 1.54) is 16.9 Å². The summed E-state index contributed by atoms with van der Waals surface area (Å²) in [5, 5.41) is 0. The minimum atomic E-state index is -0.241. The number of nitrogens with zero attached hydrogens (tertiary/aromatic N) is 2. The lowest BCUT2D eigenvalue weighted by Gasteiger charge is -2.07. The predicted octanol–water partition coefficient (Wildman–Crippen LogP) is 3.86. The van der Waals surface area contributed by atoms with E-state index in [4.69, 9.17) is 4.74 Å². The lowest BCUT2D eigenvalue weighted by molar-refractivity contribution is -0.143. The van der Waals surface area contributed by atoms with Crippen molar-refractivity contribution in [1.29, 1.82) is 0 Å². The first-order valence-corrected chi connectivity index (χ1v) is 9.52. The molecule has 0 aliphatic rings. The fourth-order valence-corrected chi connectivity index (χ4v) is 3.52. The molecule has 1 amide bonds. The Morgan fingerprint density at radius 2 is 1.96 bits per heavy atom. The molecule has 6 heteroatoms. The van der Waals surface area contributed by atoms with Gasteiger partial charge in [-0.2, -0.15) is 4.99 Å². The molecule has 0 radical (unpaired) electrons. The van der Waals surface area contributed by atoms with Crippen LogP contribution in [0, 0.1) is 5.92 Å². The van der Waals surface area contributed by atoms with Crippen LogP contribution in [0.2, 0.25) is 0 Å². The van der Waals surface area contributed by atoms with Crippen molar-refractivity contribution in [3.63, 3.8) is 0 Å². The summed E-state index contributed by atoms with van der Waals surface area (Å²) in [6.45, 7) is 10.6. The molecule has 0 N–H and O–H groups in total. The summed E-state index contributed by atoms with van der Waals surface area (Å²) in [4.78, 5) is 28.7. The Hall–Kier alpha value is -1.95. The van der Waals surface area contributed by atoms with Crippen molar-refractivity contribution in [2.45, 2.75) is 53.5 Å². The number of esters is 1. The molecule has 1 aromatic carbocycles. The zero-order valence-electron chi connectivity index (χ0n) is 15.5. The van der Waals surface area contributed by atoms with E-state index in [2.05, 4.69) is 31.0 Å². The number of amides is 1. The van der Waals surface area contributed by atoms with Crippen LogP contribution >= 0.6 is 11.3 Å². The first-order valence-electron chi connectivity index (χ1n) is 8.71. The molecule has 0 aliphatic carbocycles.